The molecule has 0 aromatic heterocycles. The van der Waals surface area contributed by atoms with E-state index >= 15 is 0 Å². The molecule has 0 aliphatic carbocycles. The number of rotatable bonds is 4. The first-order valence-electron chi connectivity index (χ1n) is 7.17. The van der Waals surface area contributed by atoms with Gasteiger partial charge in [-0.3, -0.25) is 0 Å². The lowest BCUT2D eigenvalue weighted by Gasteiger charge is -2.13. The smallest absolute Gasteiger partial charge is 0.347 e. The number of hydrogen-bond donors (Lipinski definition) is 1. The highest BCUT2D eigenvalue weighted by atomic mass is 19.2. The van der Waals surface area contributed by atoms with E-state index in [1.807, 2.05) is 0 Å². The minimum atomic E-state index is -1.03. The molecule has 4 nitrogen and oxygen atoms in total. The Morgan fingerprint density at radius 1 is 1.00 bits per heavy atom. The van der Waals surface area contributed by atoms with Crippen molar-refractivity contribution in [2.75, 3.05) is 6.61 Å². The molecule has 0 heterocycles. The number of halogens is 4. The molecule has 2 aromatic rings. The van der Waals surface area contributed by atoms with Gasteiger partial charge < -0.3 is 14.6 Å². The van der Waals surface area contributed by atoms with Gasteiger partial charge in [-0.2, -0.15) is 0 Å². The van der Waals surface area contributed by atoms with Gasteiger partial charge in [-0.1, -0.05) is 0 Å². The predicted molar refractivity (Wildman–Crippen MR) is 81.1 cm³/mol. The molecule has 1 atom stereocenters. The molecule has 0 fully saturated rings. The second-order valence-corrected chi connectivity index (χ2v) is 4.69. The Hall–Kier alpha value is -2.77. The predicted octanol–water partition coefficient (Wildman–Crippen LogP) is 3.97. The number of benzene rings is 2. The quantitative estimate of drug-likeness (QED) is 0.662. The maximum atomic E-state index is 12.8. The van der Waals surface area contributed by atoms with Gasteiger partial charge in [-0.15, -0.1) is 0 Å². The molecular formula is C17H16F4O4. The standard InChI is InChI=1S/C11H12F2O3.C6H4F2O/c1-3-15-11(14)7(2)16-8-4-5-9(12)10(13)6-8;7-5-2-1-4(9)3-6(5)8/h4-7H,3H2,1-2H3;1-3,9H. The van der Waals surface area contributed by atoms with Crippen LogP contribution in [0.3, 0.4) is 0 Å². The number of phenolic OH excluding ortho intramolecular Hbond substituents is 1. The number of esters is 1. The average molecular weight is 360 g/mol. The summed E-state index contributed by atoms with van der Waals surface area (Å²) in [7, 11) is 0. The maximum Gasteiger partial charge on any atom is 0.347 e. The van der Waals surface area contributed by atoms with Crippen LogP contribution in [0.4, 0.5) is 17.6 Å². The van der Waals surface area contributed by atoms with Crippen LogP contribution in [0.25, 0.3) is 0 Å². The van der Waals surface area contributed by atoms with Crippen LogP contribution in [-0.2, 0) is 9.53 Å². The second kappa shape index (κ2) is 9.51. The Labute approximate surface area is 141 Å². The number of carbonyl (C=O) groups is 1. The fraction of sp³-hybridized carbons (Fsp3) is 0.235. The van der Waals surface area contributed by atoms with Crippen LogP contribution >= 0.6 is 0 Å². The maximum absolute atomic E-state index is 12.8. The van der Waals surface area contributed by atoms with E-state index in [0.29, 0.717) is 0 Å². The number of phenols is 1. The van der Waals surface area contributed by atoms with Gasteiger partial charge in [0.2, 0.25) is 0 Å². The topological polar surface area (TPSA) is 55.8 Å². The third-order valence-corrected chi connectivity index (χ3v) is 2.73. The summed E-state index contributed by atoms with van der Waals surface area (Å²) in [5, 5.41) is 8.53. The normalized spacial score (nSPS) is 11.1. The van der Waals surface area contributed by atoms with E-state index in [-0.39, 0.29) is 18.1 Å². The van der Waals surface area contributed by atoms with Crippen molar-refractivity contribution in [3.05, 3.63) is 59.7 Å². The summed E-state index contributed by atoms with van der Waals surface area (Å²) < 4.78 is 59.2. The Bertz CT molecular complexity index is 722. The van der Waals surface area contributed by atoms with Crippen molar-refractivity contribution in [2.24, 2.45) is 0 Å². The van der Waals surface area contributed by atoms with Crippen LogP contribution in [0.1, 0.15) is 13.8 Å². The molecule has 1 unspecified atom stereocenters. The number of ether oxygens (including phenoxy) is 2. The highest BCUT2D eigenvalue weighted by Crippen LogP contribution is 2.17. The summed E-state index contributed by atoms with van der Waals surface area (Å²) >= 11 is 0. The summed E-state index contributed by atoms with van der Waals surface area (Å²) in [5.41, 5.74) is 0. The molecule has 2 aromatic carbocycles. The van der Waals surface area contributed by atoms with Gasteiger partial charge in [0.15, 0.2) is 29.4 Å². The van der Waals surface area contributed by atoms with Crippen molar-refractivity contribution in [3.8, 4) is 11.5 Å². The molecule has 0 saturated heterocycles. The van der Waals surface area contributed by atoms with E-state index in [4.69, 9.17) is 14.6 Å². The molecule has 0 amide bonds. The first-order valence-corrected chi connectivity index (χ1v) is 7.17. The summed E-state index contributed by atoms with van der Waals surface area (Å²) in [6.07, 6.45) is -0.857. The van der Waals surface area contributed by atoms with Crippen LogP contribution in [0.5, 0.6) is 11.5 Å². The Kier molecular flexibility index (Phi) is 7.71. The Morgan fingerprint density at radius 3 is 2.04 bits per heavy atom. The molecule has 0 bridgehead atoms. The number of hydrogen-bond acceptors (Lipinski definition) is 4. The van der Waals surface area contributed by atoms with Crippen molar-refractivity contribution in [3.63, 3.8) is 0 Å². The molecule has 0 aliphatic heterocycles. The average Bonchev–Trinajstić information content (AvgIpc) is 2.55. The lowest BCUT2D eigenvalue weighted by molar-refractivity contribution is -0.150. The van der Waals surface area contributed by atoms with Gasteiger partial charge in [0.05, 0.1) is 6.61 Å². The fourth-order valence-corrected chi connectivity index (χ4v) is 1.55. The van der Waals surface area contributed by atoms with E-state index < -0.39 is 35.3 Å². The zero-order valence-electron chi connectivity index (χ0n) is 13.4. The fourth-order valence-electron chi connectivity index (χ4n) is 1.55. The summed E-state index contributed by atoms with van der Waals surface area (Å²) in [5.74, 6) is -4.70. The second-order valence-electron chi connectivity index (χ2n) is 4.69. The zero-order chi connectivity index (χ0) is 19.0. The van der Waals surface area contributed by atoms with Gasteiger partial charge >= 0.3 is 5.97 Å². The number of carbonyl (C=O) groups excluding carboxylic acids is 1. The van der Waals surface area contributed by atoms with Crippen LogP contribution < -0.4 is 4.74 Å². The van der Waals surface area contributed by atoms with Gasteiger partial charge in [-0.05, 0) is 38.1 Å². The molecule has 25 heavy (non-hydrogen) atoms. The van der Waals surface area contributed by atoms with Crippen LogP contribution in [0.15, 0.2) is 36.4 Å². The molecule has 0 aliphatic rings. The van der Waals surface area contributed by atoms with Crippen molar-refractivity contribution < 1.29 is 36.9 Å². The molecule has 136 valence electrons. The molecular weight excluding hydrogens is 344 g/mol. The Morgan fingerprint density at radius 2 is 1.56 bits per heavy atom. The van der Waals surface area contributed by atoms with E-state index in [0.717, 1.165) is 30.3 Å². The van der Waals surface area contributed by atoms with Crippen molar-refractivity contribution >= 4 is 5.97 Å². The van der Waals surface area contributed by atoms with Gasteiger partial charge in [0.1, 0.15) is 11.5 Å². The van der Waals surface area contributed by atoms with Crippen molar-refractivity contribution in [2.45, 2.75) is 20.0 Å². The molecule has 8 heteroatoms. The van der Waals surface area contributed by atoms with Crippen LogP contribution in [0.2, 0.25) is 0 Å². The first kappa shape index (κ1) is 20.3. The summed E-state index contributed by atoms with van der Waals surface area (Å²) in [4.78, 5) is 11.2. The largest absolute Gasteiger partial charge is 0.508 e. The third-order valence-electron chi connectivity index (χ3n) is 2.73. The third kappa shape index (κ3) is 6.70. The summed E-state index contributed by atoms with van der Waals surface area (Å²) in [6.45, 7) is 3.38. The van der Waals surface area contributed by atoms with Crippen molar-refractivity contribution in [1.82, 2.24) is 0 Å². The first-order chi connectivity index (χ1) is 11.7. The van der Waals surface area contributed by atoms with E-state index in [1.54, 1.807) is 6.92 Å². The molecule has 1 N–H and O–H groups in total. The number of aromatic hydroxyl groups is 1. The molecule has 0 saturated carbocycles. The SMILES string of the molecule is CCOC(=O)C(C)Oc1ccc(F)c(F)c1.Oc1ccc(F)c(F)c1. The highest BCUT2D eigenvalue weighted by molar-refractivity contribution is 5.74. The van der Waals surface area contributed by atoms with E-state index in [1.165, 1.54) is 13.0 Å². The van der Waals surface area contributed by atoms with Crippen molar-refractivity contribution in [1.29, 1.82) is 0 Å². The minimum Gasteiger partial charge on any atom is -0.508 e. The van der Waals surface area contributed by atoms with E-state index in [9.17, 15) is 22.4 Å². The molecule has 0 spiro atoms. The minimum absolute atomic E-state index is 0.0828. The van der Waals surface area contributed by atoms with Crippen LogP contribution in [0, 0.1) is 23.3 Å². The lowest BCUT2D eigenvalue weighted by atomic mass is 10.3. The molecule has 2 rings (SSSR count). The zero-order valence-corrected chi connectivity index (χ0v) is 13.4. The van der Waals surface area contributed by atoms with Gasteiger partial charge in [0.25, 0.3) is 0 Å². The van der Waals surface area contributed by atoms with Crippen LogP contribution in [-0.4, -0.2) is 23.8 Å². The lowest BCUT2D eigenvalue weighted by Crippen LogP contribution is -2.26. The van der Waals surface area contributed by atoms with Gasteiger partial charge in [0, 0.05) is 12.1 Å². The summed E-state index contributed by atoms with van der Waals surface area (Å²) in [6, 6.07) is 5.72. The Balaban J connectivity index is 0.000000293. The monoisotopic (exact) mass is 360 g/mol. The highest BCUT2D eigenvalue weighted by Gasteiger charge is 2.16. The molecule has 0 radical (unpaired) electrons. The van der Waals surface area contributed by atoms with E-state index in [2.05, 4.69) is 0 Å². The van der Waals surface area contributed by atoms with Gasteiger partial charge in [-0.25, -0.2) is 22.4 Å².